The van der Waals surface area contributed by atoms with Crippen LogP contribution in [0.15, 0.2) is 83.8 Å². The summed E-state index contributed by atoms with van der Waals surface area (Å²) in [6, 6.07) is 22.1. The van der Waals surface area contributed by atoms with Crippen LogP contribution in [0.4, 0.5) is 0 Å². The Morgan fingerprint density at radius 1 is 1.06 bits per heavy atom. The highest BCUT2D eigenvalue weighted by Crippen LogP contribution is 2.38. The zero-order valence-corrected chi connectivity index (χ0v) is 19.6. The standard InChI is InChI=1S/C25H18ClNO4S2/c26-19-10-6-17(7-11-19)15-31-20-12-8-16(9-13-20)14-21-23(28)27(25(32)33-21)22(24(29)30)18-4-2-1-3-5-18/h1-14,22H,15H2,(H,29,30). The maximum Gasteiger partial charge on any atom is 0.331 e. The quantitative estimate of drug-likeness (QED) is 0.323. The molecule has 5 nitrogen and oxygen atoms in total. The molecule has 33 heavy (non-hydrogen) atoms. The van der Waals surface area contributed by atoms with Crippen molar-refractivity contribution in [3.05, 3.63) is 105 Å². The van der Waals surface area contributed by atoms with Crippen LogP contribution >= 0.6 is 35.6 Å². The number of aliphatic carboxylic acids is 1. The number of rotatable bonds is 7. The number of carboxylic acid groups (broad SMARTS) is 1. The first-order chi connectivity index (χ1) is 15.9. The van der Waals surface area contributed by atoms with E-state index in [1.165, 1.54) is 0 Å². The maximum atomic E-state index is 13.0. The smallest absolute Gasteiger partial charge is 0.331 e. The number of thioether (sulfide) groups is 1. The number of hydrogen-bond acceptors (Lipinski definition) is 5. The largest absolute Gasteiger partial charge is 0.489 e. The van der Waals surface area contributed by atoms with Crippen LogP contribution in [0, 0.1) is 0 Å². The molecule has 166 valence electrons. The van der Waals surface area contributed by atoms with Crippen molar-refractivity contribution in [2.45, 2.75) is 12.6 Å². The molecule has 1 fully saturated rings. The van der Waals surface area contributed by atoms with Gasteiger partial charge in [-0.1, -0.05) is 90.2 Å². The lowest BCUT2D eigenvalue weighted by Gasteiger charge is -2.23. The van der Waals surface area contributed by atoms with Crippen molar-refractivity contribution in [2.75, 3.05) is 0 Å². The third-order valence-electron chi connectivity index (χ3n) is 4.93. The third kappa shape index (κ3) is 5.45. The molecular weight excluding hydrogens is 478 g/mol. The summed E-state index contributed by atoms with van der Waals surface area (Å²) in [5, 5.41) is 10.4. The maximum absolute atomic E-state index is 13.0. The highest BCUT2D eigenvalue weighted by atomic mass is 35.5. The lowest BCUT2D eigenvalue weighted by Crippen LogP contribution is -2.37. The van der Waals surface area contributed by atoms with Crippen molar-refractivity contribution < 1.29 is 19.4 Å². The summed E-state index contributed by atoms with van der Waals surface area (Å²) >= 11 is 12.3. The highest BCUT2D eigenvalue weighted by Gasteiger charge is 2.41. The molecule has 1 aliphatic heterocycles. The average Bonchev–Trinajstić information content (AvgIpc) is 3.08. The van der Waals surface area contributed by atoms with Crippen LogP contribution in [0.3, 0.4) is 0 Å². The number of halogens is 1. The van der Waals surface area contributed by atoms with E-state index in [1.807, 2.05) is 48.5 Å². The van der Waals surface area contributed by atoms with Gasteiger partial charge in [0.25, 0.3) is 5.91 Å². The van der Waals surface area contributed by atoms with Gasteiger partial charge in [-0.15, -0.1) is 0 Å². The zero-order valence-electron chi connectivity index (χ0n) is 17.2. The Kier molecular flexibility index (Phi) is 7.13. The fourth-order valence-electron chi connectivity index (χ4n) is 3.30. The molecule has 1 amide bonds. The van der Waals surface area contributed by atoms with Gasteiger partial charge in [0, 0.05) is 5.02 Å². The van der Waals surface area contributed by atoms with Gasteiger partial charge in [0.2, 0.25) is 0 Å². The minimum absolute atomic E-state index is 0.213. The molecular formula is C25H18ClNO4S2. The number of thiocarbonyl (C=S) groups is 1. The van der Waals surface area contributed by atoms with Crippen LogP contribution in [0.2, 0.25) is 5.02 Å². The van der Waals surface area contributed by atoms with E-state index in [1.54, 1.807) is 36.4 Å². The normalized spacial score (nSPS) is 15.7. The molecule has 0 radical (unpaired) electrons. The fraction of sp³-hybridized carbons (Fsp3) is 0.0800. The van der Waals surface area contributed by atoms with E-state index in [0.717, 1.165) is 27.8 Å². The van der Waals surface area contributed by atoms with Crippen molar-refractivity contribution >= 4 is 57.9 Å². The van der Waals surface area contributed by atoms with E-state index in [4.69, 9.17) is 28.6 Å². The molecule has 4 rings (SSSR count). The summed E-state index contributed by atoms with van der Waals surface area (Å²) in [5.41, 5.74) is 2.27. The van der Waals surface area contributed by atoms with Crippen LogP contribution in [-0.4, -0.2) is 26.2 Å². The molecule has 0 aliphatic carbocycles. The second-order valence-corrected chi connectivity index (χ2v) is 9.30. The van der Waals surface area contributed by atoms with E-state index < -0.39 is 17.9 Å². The molecule has 1 atom stereocenters. The van der Waals surface area contributed by atoms with Crippen molar-refractivity contribution in [2.24, 2.45) is 0 Å². The Labute approximate surface area is 205 Å². The summed E-state index contributed by atoms with van der Waals surface area (Å²) in [6.45, 7) is 0.408. The fourth-order valence-corrected chi connectivity index (χ4v) is 4.74. The van der Waals surface area contributed by atoms with Crippen LogP contribution in [0.5, 0.6) is 5.75 Å². The lowest BCUT2D eigenvalue weighted by atomic mass is 10.1. The molecule has 0 saturated carbocycles. The minimum atomic E-state index is -1.17. The molecule has 1 unspecified atom stereocenters. The predicted octanol–water partition coefficient (Wildman–Crippen LogP) is 5.95. The predicted molar refractivity (Wildman–Crippen MR) is 134 cm³/mol. The van der Waals surface area contributed by atoms with Gasteiger partial charge in [-0.25, -0.2) is 4.79 Å². The van der Waals surface area contributed by atoms with Crippen LogP contribution in [-0.2, 0) is 16.2 Å². The van der Waals surface area contributed by atoms with Gasteiger partial charge in [-0.3, -0.25) is 9.69 Å². The van der Waals surface area contributed by atoms with Crippen molar-refractivity contribution in [3.8, 4) is 5.75 Å². The molecule has 1 aliphatic rings. The average molecular weight is 496 g/mol. The molecule has 1 N–H and O–H groups in total. The Hall–Kier alpha value is -3.13. The van der Waals surface area contributed by atoms with E-state index >= 15 is 0 Å². The number of carboxylic acids is 1. The molecule has 1 heterocycles. The molecule has 0 spiro atoms. The molecule has 0 bridgehead atoms. The van der Waals surface area contributed by atoms with Crippen molar-refractivity contribution in [1.29, 1.82) is 0 Å². The number of hydrogen-bond donors (Lipinski definition) is 1. The number of amides is 1. The SMILES string of the molecule is O=C(O)C(c1ccccc1)N1C(=O)C(=Cc2ccc(OCc3ccc(Cl)cc3)cc2)SC1=S. The van der Waals surface area contributed by atoms with Crippen LogP contribution < -0.4 is 4.74 Å². The van der Waals surface area contributed by atoms with Crippen molar-refractivity contribution in [1.82, 2.24) is 4.90 Å². The Bertz CT molecular complexity index is 1210. The van der Waals surface area contributed by atoms with Crippen LogP contribution in [0.1, 0.15) is 22.7 Å². The molecule has 0 aromatic heterocycles. The second kappa shape index (κ2) is 10.2. The number of ether oxygens (including phenoxy) is 1. The van der Waals surface area contributed by atoms with E-state index in [9.17, 15) is 14.7 Å². The van der Waals surface area contributed by atoms with Gasteiger partial charge in [0.1, 0.15) is 16.7 Å². The van der Waals surface area contributed by atoms with Gasteiger partial charge in [0.05, 0.1) is 4.91 Å². The first-order valence-corrected chi connectivity index (χ1v) is 11.5. The van der Waals surface area contributed by atoms with E-state index in [0.29, 0.717) is 27.8 Å². The minimum Gasteiger partial charge on any atom is -0.489 e. The summed E-state index contributed by atoms with van der Waals surface area (Å²) in [4.78, 5) is 26.5. The number of carbonyl (C=O) groups excluding carboxylic acids is 1. The van der Waals surface area contributed by atoms with E-state index in [2.05, 4.69) is 0 Å². The number of nitrogens with zero attached hydrogens (tertiary/aromatic N) is 1. The molecule has 3 aromatic carbocycles. The summed E-state index contributed by atoms with van der Waals surface area (Å²) in [6.07, 6.45) is 1.70. The first-order valence-electron chi connectivity index (χ1n) is 9.94. The summed E-state index contributed by atoms with van der Waals surface area (Å²) in [7, 11) is 0. The van der Waals surface area contributed by atoms with Gasteiger partial charge < -0.3 is 9.84 Å². The summed E-state index contributed by atoms with van der Waals surface area (Å²) < 4.78 is 6.00. The Morgan fingerprint density at radius 3 is 2.36 bits per heavy atom. The topological polar surface area (TPSA) is 66.8 Å². The van der Waals surface area contributed by atoms with Crippen molar-refractivity contribution in [3.63, 3.8) is 0 Å². The van der Waals surface area contributed by atoms with Gasteiger partial charge in [-0.05, 0) is 47.0 Å². The zero-order chi connectivity index (χ0) is 23.4. The van der Waals surface area contributed by atoms with E-state index in [-0.39, 0.29) is 4.32 Å². The molecule has 1 saturated heterocycles. The number of carbonyl (C=O) groups is 2. The van der Waals surface area contributed by atoms with Gasteiger partial charge in [0.15, 0.2) is 6.04 Å². The third-order valence-corrected chi connectivity index (χ3v) is 6.51. The monoisotopic (exact) mass is 495 g/mol. The summed E-state index contributed by atoms with van der Waals surface area (Å²) in [5.74, 6) is -0.880. The van der Waals surface area contributed by atoms with Crippen LogP contribution in [0.25, 0.3) is 6.08 Å². The Morgan fingerprint density at radius 2 is 1.73 bits per heavy atom. The molecule has 3 aromatic rings. The lowest BCUT2D eigenvalue weighted by molar-refractivity contribution is -0.145. The Balaban J connectivity index is 1.47. The van der Waals surface area contributed by atoms with Gasteiger partial charge in [-0.2, -0.15) is 0 Å². The van der Waals surface area contributed by atoms with Gasteiger partial charge >= 0.3 is 5.97 Å². The first kappa shape index (κ1) is 23.0. The number of benzene rings is 3. The molecule has 8 heteroatoms. The highest BCUT2D eigenvalue weighted by molar-refractivity contribution is 8.26. The second-order valence-electron chi connectivity index (χ2n) is 7.19.